The Morgan fingerprint density at radius 3 is 2.73 bits per heavy atom. The maximum absolute atomic E-state index is 12.2. The molecule has 1 aliphatic heterocycles. The number of aromatic nitrogens is 2. The number of hydrogen-bond donors (Lipinski definition) is 2. The largest absolute Gasteiger partial charge is 0.358 e. The molecule has 122 valence electrons. The smallest absolute Gasteiger partial charge is 0.241 e. The molecule has 1 unspecified atom stereocenters. The number of carbonyl (C=O) groups is 2. The molecule has 0 bridgehead atoms. The lowest BCUT2D eigenvalue weighted by molar-refractivity contribution is -0.121. The van der Waals surface area contributed by atoms with E-state index in [2.05, 4.69) is 20.6 Å². The highest BCUT2D eigenvalue weighted by atomic mass is 16.2. The molecule has 0 aliphatic carbocycles. The van der Waals surface area contributed by atoms with Gasteiger partial charge in [-0.25, -0.2) is 0 Å². The quantitative estimate of drug-likeness (QED) is 0.810. The van der Waals surface area contributed by atoms with Gasteiger partial charge in [-0.1, -0.05) is 13.3 Å². The summed E-state index contributed by atoms with van der Waals surface area (Å²) >= 11 is 0. The molecule has 1 saturated heterocycles. The molecular weight excluding hydrogens is 282 g/mol. The Balaban J connectivity index is 1.81. The van der Waals surface area contributed by atoms with Gasteiger partial charge in [0.15, 0.2) is 0 Å². The fourth-order valence-corrected chi connectivity index (χ4v) is 2.62. The Labute approximate surface area is 131 Å². The molecule has 22 heavy (non-hydrogen) atoms. The molecule has 2 amide bonds. The van der Waals surface area contributed by atoms with Gasteiger partial charge in [-0.05, 0) is 25.9 Å². The summed E-state index contributed by atoms with van der Waals surface area (Å²) in [7, 11) is 1.58. The van der Waals surface area contributed by atoms with Gasteiger partial charge in [0.1, 0.15) is 6.54 Å². The monoisotopic (exact) mass is 307 g/mol. The highest BCUT2D eigenvalue weighted by Gasteiger charge is 2.19. The molecule has 7 heteroatoms. The number of carbonyl (C=O) groups excluding carboxylic acids is 2. The third kappa shape index (κ3) is 4.84. The van der Waals surface area contributed by atoms with E-state index in [-0.39, 0.29) is 24.3 Å². The molecule has 2 N–H and O–H groups in total. The number of rotatable bonds is 6. The van der Waals surface area contributed by atoms with Crippen LogP contribution in [0.25, 0.3) is 0 Å². The minimum atomic E-state index is -0.126. The van der Waals surface area contributed by atoms with Crippen LogP contribution < -0.4 is 10.6 Å². The zero-order valence-corrected chi connectivity index (χ0v) is 13.3. The van der Waals surface area contributed by atoms with Crippen LogP contribution in [0, 0.1) is 5.92 Å². The highest BCUT2D eigenvalue weighted by molar-refractivity contribution is 5.92. The molecular formula is C15H25N5O2. The SMILES string of the molecule is CNC(=O)Cn1cc(NC(=O)C(C)CN2CCCCC2)cn1. The number of piperidine rings is 1. The summed E-state index contributed by atoms with van der Waals surface area (Å²) in [6.07, 6.45) is 6.97. The number of anilines is 1. The lowest BCUT2D eigenvalue weighted by Gasteiger charge is -2.28. The molecule has 0 saturated carbocycles. The molecule has 1 aromatic heterocycles. The Bertz CT molecular complexity index is 508. The first-order valence-electron chi connectivity index (χ1n) is 7.84. The molecule has 0 spiro atoms. The summed E-state index contributed by atoms with van der Waals surface area (Å²) in [5.41, 5.74) is 0.624. The van der Waals surface area contributed by atoms with Gasteiger partial charge in [-0.2, -0.15) is 5.10 Å². The summed E-state index contributed by atoms with van der Waals surface area (Å²) in [5.74, 6) is -0.204. The van der Waals surface area contributed by atoms with E-state index in [0.29, 0.717) is 5.69 Å². The Hall–Kier alpha value is -1.89. The molecule has 1 atom stereocenters. The van der Waals surface area contributed by atoms with Crippen LogP contribution in [0.4, 0.5) is 5.69 Å². The fourth-order valence-electron chi connectivity index (χ4n) is 2.62. The van der Waals surface area contributed by atoms with Gasteiger partial charge in [0.05, 0.1) is 11.9 Å². The third-order valence-corrected chi connectivity index (χ3v) is 3.91. The van der Waals surface area contributed by atoms with E-state index in [4.69, 9.17) is 0 Å². The van der Waals surface area contributed by atoms with Gasteiger partial charge in [-0.3, -0.25) is 14.3 Å². The van der Waals surface area contributed by atoms with Crippen LogP contribution in [0.1, 0.15) is 26.2 Å². The van der Waals surface area contributed by atoms with E-state index < -0.39 is 0 Å². The van der Waals surface area contributed by atoms with Crippen molar-refractivity contribution in [2.45, 2.75) is 32.7 Å². The summed E-state index contributed by atoms with van der Waals surface area (Å²) in [5, 5.41) is 9.46. The van der Waals surface area contributed by atoms with Crippen LogP contribution in [0.5, 0.6) is 0 Å². The predicted molar refractivity (Wildman–Crippen MR) is 84.4 cm³/mol. The van der Waals surface area contributed by atoms with Crippen molar-refractivity contribution >= 4 is 17.5 Å². The minimum absolute atomic E-state index is 0.00920. The fraction of sp³-hybridized carbons (Fsp3) is 0.667. The zero-order chi connectivity index (χ0) is 15.9. The average Bonchev–Trinajstić information content (AvgIpc) is 2.95. The van der Waals surface area contributed by atoms with Crippen molar-refractivity contribution in [3.05, 3.63) is 12.4 Å². The molecule has 1 fully saturated rings. The van der Waals surface area contributed by atoms with Gasteiger partial charge in [0.25, 0.3) is 0 Å². The average molecular weight is 307 g/mol. The van der Waals surface area contributed by atoms with Crippen molar-refractivity contribution in [2.75, 3.05) is 32.0 Å². The number of amides is 2. The number of nitrogens with one attached hydrogen (secondary N) is 2. The van der Waals surface area contributed by atoms with E-state index in [1.807, 2.05) is 6.92 Å². The van der Waals surface area contributed by atoms with Crippen LogP contribution in [0.2, 0.25) is 0 Å². The Morgan fingerprint density at radius 2 is 2.05 bits per heavy atom. The lowest BCUT2D eigenvalue weighted by Crippen LogP contribution is -2.37. The first kappa shape index (κ1) is 16.5. The van der Waals surface area contributed by atoms with Crippen molar-refractivity contribution in [3.63, 3.8) is 0 Å². The van der Waals surface area contributed by atoms with Gasteiger partial charge in [0, 0.05) is 25.7 Å². The van der Waals surface area contributed by atoms with E-state index in [9.17, 15) is 9.59 Å². The second-order valence-electron chi connectivity index (χ2n) is 5.85. The summed E-state index contributed by atoms with van der Waals surface area (Å²) < 4.78 is 1.50. The van der Waals surface area contributed by atoms with Crippen LogP contribution in [0.3, 0.4) is 0 Å². The van der Waals surface area contributed by atoms with E-state index in [1.54, 1.807) is 19.4 Å². The first-order chi connectivity index (χ1) is 10.6. The second-order valence-corrected chi connectivity index (χ2v) is 5.85. The molecule has 1 aromatic rings. The van der Waals surface area contributed by atoms with Crippen LogP contribution >= 0.6 is 0 Å². The predicted octanol–water partition coefficient (Wildman–Crippen LogP) is 0.690. The molecule has 2 rings (SSSR count). The van der Waals surface area contributed by atoms with E-state index in [0.717, 1.165) is 19.6 Å². The Kier molecular flexibility index (Phi) is 5.94. The third-order valence-electron chi connectivity index (χ3n) is 3.91. The minimum Gasteiger partial charge on any atom is -0.358 e. The van der Waals surface area contributed by atoms with Gasteiger partial charge in [0.2, 0.25) is 11.8 Å². The normalized spacial score (nSPS) is 17.0. The maximum Gasteiger partial charge on any atom is 0.241 e. The number of likely N-dealkylation sites (tertiary alicyclic amines) is 1. The molecule has 1 aliphatic rings. The van der Waals surface area contributed by atoms with Crippen molar-refractivity contribution in [1.82, 2.24) is 20.0 Å². The topological polar surface area (TPSA) is 79.3 Å². The number of likely N-dealkylation sites (N-methyl/N-ethyl adjacent to an activating group) is 1. The van der Waals surface area contributed by atoms with Crippen molar-refractivity contribution in [3.8, 4) is 0 Å². The molecule has 0 aromatic carbocycles. The van der Waals surface area contributed by atoms with Crippen LogP contribution in [0.15, 0.2) is 12.4 Å². The second kappa shape index (κ2) is 7.93. The summed E-state index contributed by atoms with van der Waals surface area (Å²) in [6.45, 7) is 5.05. The van der Waals surface area contributed by atoms with Crippen molar-refractivity contribution < 1.29 is 9.59 Å². The molecule has 7 nitrogen and oxygen atoms in total. The van der Waals surface area contributed by atoms with Gasteiger partial charge >= 0.3 is 0 Å². The Morgan fingerprint density at radius 1 is 1.32 bits per heavy atom. The van der Waals surface area contributed by atoms with Gasteiger partial charge < -0.3 is 15.5 Å². The standard InChI is InChI=1S/C15H25N5O2/c1-12(9-19-6-4-3-5-7-19)15(22)18-13-8-17-20(10-13)11-14(21)16-2/h8,10,12H,3-7,9,11H2,1-2H3,(H,16,21)(H,18,22). The van der Waals surface area contributed by atoms with Crippen molar-refractivity contribution in [1.29, 1.82) is 0 Å². The zero-order valence-electron chi connectivity index (χ0n) is 13.3. The number of nitrogens with zero attached hydrogens (tertiary/aromatic N) is 3. The van der Waals surface area contributed by atoms with Crippen molar-refractivity contribution in [2.24, 2.45) is 5.92 Å². The highest BCUT2D eigenvalue weighted by Crippen LogP contribution is 2.13. The first-order valence-corrected chi connectivity index (χ1v) is 7.84. The van der Waals surface area contributed by atoms with E-state index in [1.165, 1.54) is 23.9 Å². The maximum atomic E-state index is 12.2. The van der Waals surface area contributed by atoms with E-state index >= 15 is 0 Å². The number of hydrogen-bond acceptors (Lipinski definition) is 4. The molecule has 0 radical (unpaired) electrons. The van der Waals surface area contributed by atoms with Crippen LogP contribution in [-0.2, 0) is 16.1 Å². The van der Waals surface area contributed by atoms with Crippen LogP contribution in [-0.4, -0.2) is 53.2 Å². The molecule has 2 heterocycles. The lowest BCUT2D eigenvalue weighted by atomic mass is 10.1. The van der Waals surface area contributed by atoms with Gasteiger partial charge in [-0.15, -0.1) is 0 Å². The summed E-state index contributed by atoms with van der Waals surface area (Å²) in [4.78, 5) is 25.8. The summed E-state index contributed by atoms with van der Waals surface area (Å²) in [6, 6.07) is 0.